The van der Waals surface area contributed by atoms with Crippen LogP contribution in [0.15, 0.2) is 0 Å². The van der Waals surface area contributed by atoms with E-state index < -0.39 is 5.41 Å². The summed E-state index contributed by atoms with van der Waals surface area (Å²) in [6, 6.07) is 2.05. The van der Waals surface area contributed by atoms with Gasteiger partial charge in [0.15, 0.2) is 0 Å². The van der Waals surface area contributed by atoms with Crippen molar-refractivity contribution in [2.75, 3.05) is 6.61 Å². The molecule has 0 rings (SSSR count). The number of carbonyl (C=O) groups excluding carboxylic acids is 1. The van der Waals surface area contributed by atoms with Crippen LogP contribution in [0.4, 0.5) is 0 Å². The molecule has 3 nitrogen and oxygen atoms in total. The standard InChI is InChI=1S/C10H17NO2/c1-4-10(5-2,7-8-11)9(12)13-6-3/h4-7H2,1-3H3. The topological polar surface area (TPSA) is 50.1 Å². The molecule has 3 heteroatoms. The van der Waals surface area contributed by atoms with Crippen molar-refractivity contribution in [3.8, 4) is 6.07 Å². The molecule has 0 bridgehead atoms. The largest absolute Gasteiger partial charge is 0.466 e. The summed E-state index contributed by atoms with van der Waals surface area (Å²) < 4.78 is 4.95. The van der Waals surface area contributed by atoms with Crippen LogP contribution >= 0.6 is 0 Å². The quantitative estimate of drug-likeness (QED) is 0.614. The molecule has 0 heterocycles. The van der Waals surface area contributed by atoms with Gasteiger partial charge in [-0.05, 0) is 19.8 Å². The molecule has 0 aromatic carbocycles. The van der Waals surface area contributed by atoms with E-state index in [-0.39, 0.29) is 12.4 Å². The minimum Gasteiger partial charge on any atom is -0.466 e. The van der Waals surface area contributed by atoms with Crippen molar-refractivity contribution in [1.82, 2.24) is 0 Å². The van der Waals surface area contributed by atoms with Crippen LogP contribution in [0.25, 0.3) is 0 Å². The van der Waals surface area contributed by atoms with Gasteiger partial charge in [-0.2, -0.15) is 5.26 Å². The second kappa shape index (κ2) is 5.58. The Morgan fingerprint density at radius 2 is 1.92 bits per heavy atom. The van der Waals surface area contributed by atoms with Crippen LogP contribution in [-0.4, -0.2) is 12.6 Å². The van der Waals surface area contributed by atoms with Gasteiger partial charge in [-0.3, -0.25) is 4.79 Å². The number of esters is 1. The van der Waals surface area contributed by atoms with Gasteiger partial charge in [0.05, 0.1) is 24.5 Å². The second-order valence-electron chi connectivity index (χ2n) is 3.04. The molecule has 0 amide bonds. The second-order valence-corrected chi connectivity index (χ2v) is 3.04. The zero-order valence-corrected chi connectivity index (χ0v) is 8.59. The molecule has 0 aliphatic carbocycles. The van der Waals surface area contributed by atoms with Crippen molar-refractivity contribution >= 4 is 5.97 Å². The third-order valence-corrected chi connectivity index (χ3v) is 2.48. The molecule has 0 radical (unpaired) electrons. The van der Waals surface area contributed by atoms with E-state index >= 15 is 0 Å². The lowest BCUT2D eigenvalue weighted by Crippen LogP contribution is -2.31. The van der Waals surface area contributed by atoms with Crippen LogP contribution in [-0.2, 0) is 9.53 Å². The summed E-state index contributed by atoms with van der Waals surface area (Å²) >= 11 is 0. The number of hydrogen-bond donors (Lipinski definition) is 0. The molecular weight excluding hydrogens is 166 g/mol. The third-order valence-electron chi connectivity index (χ3n) is 2.48. The Bertz CT molecular complexity index is 201. The van der Waals surface area contributed by atoms with E-state index in [4.69, 9.17) is 10.00 Å². The first-order valence-corrected chi connectivity index (χ1v) is 4.71. The Hall–Kier alpha value is -1.04. The fourth-order valence-electron chi connectivity index (χ4n) is 1.30. The first-order valence-electron chi connectivity index (χ1n) is 4.71. The van der Waals surface area contributed by atoms with Crippen molar-refractivity contribution in [1.29, 1.82) is 5.26 Å². The molecule has 0 saturated carbocycles. The molecule has 0 aliphatic rings. The van der Waals surface area contributed by atoms with Crippen molar-refractivity contribution in [2.24, 2.45) is 5.41 Å². The highest BCUT2D eigenvalue weighted by atomic mass is 16.5. The highest BCUT2D eigenvalue weighted by molar-refractivity contribution is 5.77. The van der Waals surface area contributed by atoms with Crippen molar-refractivity contribution in [2.45, 2.75) is 40.0 Å². The molecule has 0 fully saturated rings. The Balaban J connectivity index is 4.55. The molecule has 0 atom stereocenters. The zero-order valence-electron chi connectivity index (χ0n) is 8.59. The van der Waals surface area contributed by atoms with Gasteiger partial charge in [0.25, 0.3) is 0 Å². The maximum Gasteiger partial charge on any atom is 0.313 e. The maximum atomic E-state index is 11.5. The highest BCUT2D eigenvalue weighted by Crippen LogP contribution is 2.31. The van der Waals surface area contributed by atoms with Crippen LogP contribution in [0.2, 0.25) is 0 Å². The number of ether oxygens (including phenoxy) is 1. The van der Waals surface area contributed by atoms with Crippen molar-refractivity contribution in [3.05, 3.63) is 0 Å². The minimum absolute atomic E-state index is 0.235. The Labute approximate surface area is 79.7 Å². The predicted octanol–water partition coefficient (Wildman–Crippen LogP) is 2.27. The van der Waals surface area contributed by atoms with Gasteiger partial charge in [0.2, 0.25) is 0 Å². The molecule has 0 saturated heterocycles. The summed E-state index contributed by atoms with van der Waals surface area (Å²) in [5.74, 6) is -0.235. The minimum atomic E-state index is -0.579. The van der Waals surface area contributed by atoms with Crippen LogP contribution < -0.4 is 0 Å². The molecule has 74 valence electrons. The number of hydrogen-bond acceptors (Lipinski definition) is 3. The zero-order chi connectivity index (χ0) is 10.3. The Morgan fingerprint density at radius 3 is 2.23 bits per heavy atom. The first-order chi connectivity index (χ1) is 6.16. The normalized spacial score (nSPS) is 10.6. The summed E-state index contributed by atoms with van der Waals surface area (Å²) in [4.78, 5) is 11.5. The number of carbonyl (C=O) groups is 1. The lowest BCUT2D eigenvalue weighted by Gasteiger charge is -2.25. The van der Waals surface area contributed by atoms with Gasteiger partial charge < -0.3 is 4.74 Å². The van der Waals surface area contributed by atoms with E-state index in [1.807, 2.05) is 19.9 Å². The SMILES string of the molecule is CCOC(=O)C(CC)(CC)CC#N. The average Bonchev–Trinajstić information content (AvgIpc) is 2.14. The van der Waals surface area contributed by atoms with E-state index in [9.17, 15) is 4.79 Å². The third kappa shape index (κ3) is 2.73. The number of nitriles is 1. The van der Waals surface area contributed by atoms with E-state index in [1.165, 1.54) is 0 Å². The van der Waals surface area contributed by atoms with Gasteiger partial charge >= 0.3 is 5.97 Å². The van der Waals surface area contributed by atoms with E-state index in [2.05, 4.69) is 0 Å². The average molecular weight is 183 g/mol. The molecule has 0 aromatic rings. The maximum absolute atomic E-state index is 11.5. The molecule has 0 aliphatic heterocycles. The monoisotopic (exact) mass is 183 g/mol. The van der Waals surface area contributed by atoms with Gasteiger partial charge in [0, 0.05) is 0 Å². The van der Waals surface area contributed by atoms with Gasteiger partial charge in [0.1, 0.15) is 0 Å². The molecular formula is C10H17NO2. The molecule has 0 N–H and O–H groups in total. The van der Waals surface area contributed by atoms with Crippen molar-refractivity contribution in [3.63, 3.8) is 0 Å². The van der Waals surface area contributed by atoms with E-state index in [1.54, 1.807) is 6.92 Å². The van der Waals surface area contributed by atoms with Gasteiger partial charge in [-0.1, -0.05) is 13.8 Å². The Kier molecular flexibility index (Phi) is 5.13. The first kappa shape index (κ1) is 12.0. The number of nitrogens with zero attached hydrogens (tertiary/aromatic N) is 1. The lowest BCUT2D eigenvalue weighted by atomic mass is 9.80. The summed E-state index contributed by atoms with van der Waals surface area (Å²) in [6.45, 7) is 5.99. The van der Waals surface area contributed by atoms with Gasteiger partial charge in [-0.25, -0.2) is 0 Å². The van der Waals surface area contributed by atoms with Crippen LogP contribution in [0, 0.1) is 16.7 Å². The Morgan fingerprint density at radius 1 is 1.38 bits per heavy atom. The summed E-state index contributed by atoms with van der Waals surface area (Å²) in [7, 11) is 0. The smallest absolute Gasteiger partial charge is 0.313 e. The van der Waals surface area contributed by atoms with Crippen molar-refractivity contribution < 1.29 is 9.53 Å². The fourth-order valence-corrected chi connectivity index (χ4v) is 1.30. The summed E-state index contributed by atoms with van der Waals surface area (Å²) in [5.41, 5.74) is -0.579. The molecule has 13 heavy (non-hydrogen) atoms. The van der Waals surface area contributed by atoms with Gasteiger partial charge in [-0.15, -0.1) is 0 Å². The van der Waals surface area contributed by atoms with Crippen LogP contribution in [0.5, 0.6) is 0 Å². The summed E-state index contributed by atoms with van der Waals surface area (Å²) in [6.07, 6.45) is 1.57. The predicted molar refractivity (Wildman–Crippen MR) is 49.9 cm³/mol. The van der Waals surface area contributed by atoms with E-state index in [0.29, 0.717) is 19.4 Å². The van der Waals surface area contributed by atoms with E-state index in [0.717, 1.165) is 0 Å². The van der Waals surface area contributed by atoms with Crippen LogP contribution in [0.3, 0.4) is 0 Å². The fraction of sp³-hybridized carbons (Fsp3) is 0.800. The van der Waals surface area contributed by atoms with Crippen LogP contribution in [0.1, 0.15) is 40.0 Å². The highest BCUT2D eigenvalue weighted by Gasteiger charge is 2.36. The summed E-state index contributed by atoms with van der Waals surface area (Å²) in [5, 5.41) is 8.62. The molecule has 0 spiro atoms. The number of rotatable bonds is 5. The lowest BCUT2D eigenvalue weighted by molar-refractivity contribution is -0.155. The molecule has 0 unspecified atom stereocenters. The molecule has 0 aromatic heterocycles.